The van der Waals surface area contributed by atoms with Crippen LogP contribution in [0, 0.1) is 5.92 Å². The summed E-state index contributed by atoms with van der Waals surface area (Å²) < 4.78 is 0. The van der Waals surface area contributed by atoms with Gasteiger partial charge in [0.05, 0.1) is 0 Å². The summed E-state index contributed by atoms with van der Waals surface area (Å²) in [5.74, 6) is 0.917. The smallest absolute Gasteiger partial charge is 0.0409 e. The molecular formula is C18H29N. The Morgan fingerprint density at radius 1 is 1.16 bits per heavy atom. The summed E-state index contributed by atoms with van der Waals surface area (Å²) in [7, 11) is 0. The summed E-state index contributed by atoms with van der Waals surface area (Å²) in [4.78, 5) is 0. The zero-order chi connectivity index (χ0) is 13.7. The van der Waals surface area contributed by atoms with Gasteiger partial charge in [-0.15, -0.1) is 0 Å². The van der Waals surface area contributed by atoms with Crippen molar-refractivity contribution in [3.63, 3.8) is 0 Å². The number of benzene rings is 1. The second-order valence-corrected chi connectivity index (χ2v) is 6.34. The van der Waals surface area contributed by atoms with Crippen LogP contribution in [0.25, 0.3) is 0 Å². The molecule has 106 valence electrons. The molecule has 0 saturated heterocycles. The summed E-state index contributed by atoms with van der Waals surface area (Å²) in [6, 6.07) is 9.01. The highest BCUT2D eigenvalue weighted by atomic mass is 14.7. The lowest BCUT2D eigenvalue weighted by molar-refractivity contribution is 0.226. The Morgan fingerprint density at radius 3 is 2.53 bits per heavy atom. The van der Waals surface area contributed by atoms with Gasteiger partial charge < -0.3 is 5.73 Å². The molecule has 1 aliphatic carbocycles. The topological polar surface area (TPSA) is 26.0 Å². The van der Waals surface area contributed by atoms with Crippen LogP contribution >= 0.6 is 0 Å². The highest BCUT2D eigenvalue weighted by molar-refractivity contribution is 5.30. The first-order valence-electron chi connectivity index (χ1n) is 8.06. The van der Waals surface area contributed by atoms with Crippen LogP contribution in [0.5, 0.6) is 0 Å². The molecule has 1 aliphatic rings. The van der Waals surface area contributed by atoms with Crippen molar-refractivity contribution in [1.82, 2.24) is 0 Å². The quantitative estimate of drug-likeness (QED) is 0.809. The molecule has 1 aromatic carbocycles. The fraction of sp³-hybridized carbons (Fsp3) is 0.667. The minimum Gasteiger partial charge on any atom is -0.321 e. The standard InChI is InChI=1S/C18H29N/c1-3-6-15-10-12-18(19,13-11-15)17-9-5-8-16(14-17)7-4-2/h5,8-9,14-15H,3-4,6-7,10-13,19H2,1-2H3. The fourth-order valence-corrected chi connectivity index (χ4v) is 3.50. The van der Waals surface area contributed by atoms with Crippen LogP contribution in [0.1, 0.15) is 69.9 Å². The summed E-state index contributed by atoms with van der Waals surface area (Å²) in [5.41, 5.74) is 9.46. The first-order chi connectivity index (χ1) is 9.18. The van der Waals surface area contributed by atoms with Crippen LogP contribution in [-0.4, -0.2) is 0 Å². The maximum Gasteiger partial charge on any atom is 0.0409 e. The van der Waals surface area contributed by atoms with Crippen molar-refractivity contribution in [2.24, 2.45) is 11.7 Å². The molecule has 1 fully saturated rings. The van der Waals surface area contributed by atoms with Crippen LogP contribution in [0.4, 0.5) is 0 Å². The van der Waals surface area contributed by atoms with Gasteiger partial charge in [-0.05, 0) is 49.1 Å². The molecule has 0 radical (unpaired) electrons. The molecule has 0 heterocycles. The summed E-state index contributed by atoms with van der Waals surface area (Å²) in [6.07, 6.45) is 10.0. The number of hydrogen-bond donors (Lipinski definition) is 1. The van der Waals surface area contributed by atoms with E-state index in [1.165, 1.54) is 49.7 Å². The maximum absolute atomic E-state index is 6.70. The van der Waals surface area contributed by atoms with E-state index in [9.17, 15) is 0 Å². The Hall–Kier alpha value is -0.820. The summed E-state index contributed by atoms with van der Waals surface area (Å²) in [5, 5.41) is 0. The third kappa shape index (κ3) is 3.60. The van der Waals surface area contributed by atoms with E-state index in [1.54, 1.807) is 0 Å². The average molecular weight is 259 g/mol. The predicted octanol–water partition coefficient (Wildman–Crippen LogP) is 4.78. The zero-order valence-electron chi connectivity index (χ0n) is 12.6. The molecule has 1 heteroatoms. The Morgan fingerprint density at radius 2 is 1.89 bits per heavy atom. The van der Waals surface area contributed by atoms with E-state index in [0.29, 0.717) is 0 Å². The van der Waals surface area contributed by atoms with Gasteiger partial charge in [0.2, 0.25) is 0 Å². The van der Waals surface area contributed by atoms with E-state index < -0.39 is 0 Å². The van der Waals surface area contributed by atoms with Gasteiger partial charge in [-0.25, -0.2) is 0 Å². The van der Waals surface area contributed by atoms with Gasteiger partial charge >= 0.3 is 0 Å². The highest BCUT2D eigenvalue weighted by Gasteiger charge is 2.32. The fourth-order valence-electron chi connectivity index (χ4n) is 3.50. The molecule has 2 N–H and O–H groups in total. The van der Waals surface area contributed by atoms with Crippen molar-refractivity contribution in [1.29, 1.82) is 0 Å². The largest absolute Gasteiger partial charge is 0.321 e. The van der Waals surface area contributed by atoms with Crippen LogP contribution in [0.3, 0.4) is 0 Å². The van der Waals surface area contributed by atoms with Crippen molar-refractivity contribution in [3.05, 3.63) is 35.4 Å². The van der Waals surface area contributed by atoms with Crippen LogP contribution in [-0.2, 0) is 12.0 Å². The highest BCUT2D eigenvalue weighted by Crippen LogP contribution is 2.39. The third-order valence-corrected chi connectivity index (χ3v) is 4.73. The van der Waals surface area contributed by atoms with Gasteiger partial charge in [-0.3, -0.25) is 0 Å². The molecule has 0 bridgehead atoms. The number of rotatable bonds is 5. The van der Waals surface area contributed by atoms with Crippen LogP contribution < -0.4 is 5.73 Å². The normalized spacial score (nSPS) is 27.4. The van der Waals surface area contributed by atoms with Crippen molar-refractivity contribution in [2.75, 3.05) is 0 Å². The summed E-state index contributed by atoms with van der Waals surface area (Å²) >= 11 is 0. The predicted molar refractivity (Wildman–Crippen MR) is 83.2 cm³/mol. The minimum absolute atomic E-state index is 0.0615. The molecule has 0 amide bonds. The molecule has 1 nitrogen and oxygen atoms in total. The van der Waals surface area contributed by atoms with Crippen LogP contribution in [0.15, 0.2) is 24.3 Å². The van der Waals surface area contributed by atoms with Gasteiger partial charge in [-0.1, -0.05) is 57.4 Å². The van der Waals surface area contributed by atoms with E-state index in [4.69, 9.17) is 5.73 Å². The van der Waals surface area contributed by atoms with Gasteiger partial charge in [0.1, 0.15) is 0 Å². The van der Waals surface area contributed by atoms with Gasteiger partial charge in [0.25, 0.3) is 0 Å². The lowest BCUT2D eigenvalue weighted by Gasteiger charge is -2.38. The molecule has 0 atom stereocenters. The SMILES string of the molecule is CCCc1cccc(C2(N)CCC(CCC)CC2)c1. The monoisotopic (exact) mass is 259 g/mol. The second kappa shape index (κ2) is 6.56. The molecule has 0 aromatic heterocycles. The molecule has 1 saturated carbocycles. The lowest BCUT2D eigenvalue weighted by atomic mass is 9.72. The Labute approximate surface area is 118 Å². The van der Waals surface area contributed by atoms with Crippen molar-refractivity contribution >= 4 is 0 Å². The van der Waals surface area contributed by atoms with Gasteiger partial charge in [0, 0.05) is 5.54 Å². The number of aryl methyl sites for hydroxylation is 1. The Kier molecular flexibility index (Phi) is 5.04. The Balaban J connectivity index is 2.06. The first kappa shape index (κ1) is 14.6. The Bertz CT molecular complexity index is 388. The average Bonchev–Trinajstić information content (AvgIpc) is 2.43. The minimum atomic E-state index is -0.0615. The summed E-state index contributed by atoms with van der Waals surface area (Å²) in [6.45, 7) is 4.53. The molecule has 1 aromatic rings. The third-order valence-electron chi connectivity index (χ3n) is 4.73. The van der Waals surface area contributed by atoms with E-state index in [1.807, 2.05) is 0 Å². The first-order valence-corrected chi connectivity index (χ1v) is 8.06. The lowest BCUT2D eigenvalue weighted by Crippen LogP contribution is -2.40. The van der Waals surface area contributed by atoms with E-state index >= 15 is 0 Å². The van der Waals surface area contributed by atoms with Gasteiger partial charge in [-0.2, -0.15) is 0 Å². The van der Waals surface area contributed by atoms with Crippen LogP contribution in [0.2, 0.25) is 0 Å². The molecular weight excluding hydrogens is 230 g/mol. The molecule has 0 spiro atoms. The zero-order valence-corrected chi connectivity index (χ0v) is 12.6. The molecule has 19 heavy (non-hydrogen) atoms. The van der Waals surface area contributed by atoms with E-state index in [-0.39, 0.29) is 5.54 Å². The molecule has 2 rings (SSSR count). The van der Waals surface area contributed by atoms with Crippen molar-refractivity contribution < 1.29 is 0 Å². The van der Waals surface area contributed by atoms with Crippen molar-refractivity contribution in [3.8, 4) is 0 Å². The number of nitrogens with two attached hydrogens (primary N) is 1. The number of hydrogen-bond acceptors (Lipinski definition) is 1. The van der Waals surface area contributed by atoms with Crippen molar-refractivity contribution in [2.45, 2.75) is 70.8 Å². The van der Waals surface area contributed by atoms with E-state index in [2.05, 4.69) is 38.1 Å². The van der Waals surface area contributed by atoms with Gasteiger partial charge in [0.15, 0.2) is 0 Å². The van der Waals surface area contributed by atoms with E-state index in [0.717, 1.165) is 18.8 Å². The second-order valence-electron chi connectivity index (χ2n) is 6.34. The maximum atomic E-state index is 6.70. The molecule has 0 aliphatic heterocycles. The molecule has 0 unspecified atom stereocenters.